The van der Waals surface area contributed by atoms with Gasteiger partial charge in [0.1, 0.15) is 60.0 Å². The van der Waals surface area contributed by atoms with Crippen molar-refractivity contribution in [2.75, 3.05) is 13.2 Å². The van der Waals surface area contributed by atoms with Gasteiger partial charge < -0.3 is 53.6 Å². The number of hydrogen-bond acceptors (Lipinski definition) is 14. The van der Waals surface area contributed by atoms with Gasteiger partial charge in [0.25, 0.3) is 0 Å². The maximum atomic E-state index is 13.4. The van der Waals surface area contributed by atoms with Crippen LogP contribution in [0.1, 0.15) is 52.9 Å². The number of epoxide rings is 2. The van der Waals surface area contributed by atoms with Crippen molar-refractivity contribution in [2.24, 2.45) is 17.3 Å². The molecule has 2 saturated carbocycles. The number of rotatable bonds is 7. The molecule has 44 heavy (non-hydrogen) atoms. The lowest BCUT2D eigenvalue weighted by molar-refractivity contribution is -0.367. The molecular formula is C30H38O14. The fraction of sp³-hybridized carbons (Fsp3) is 0.833. The van der Waals surface area contributed by atoms with Gasteiger partial charge in [-0.25, -0.2) is 4.79 Å². The average molecular weight is 623 g/mol. The Kier molecular flexibility index (Phi) is 6.13. The van der Waals surface area contributed by atoms with Crippen molar-refractivity contribution in [2.45, 2.75) is 125 Å². The lowest BCUT2D eigenvalue weighted by Gasteiger charge is -2.70. The molecule has 0 amide bonds. The van der Waals surface area contributed by atoms with E-state index in [2.05, 4.69) is 6.92 Å². The van der Waals surface area contributed by atoms with Gasteiger partial charge in [0.15, 0.2) is 6.10 Å². The van der Waals surface area contributed by atoms with Gasteiger partial charge in [-0.3, -0.25) is 9.59 Å². The Balaban J connectivity index is 1.00. The van der Waals surface area contributed by atoms with Crippen LogP contribution in [0.25, 0.3) is 0 Å². The number of hydrogen-bond donors (Lipinski definition) is 4. The molecule has 0 radical (unpaired) electrons. The number of fused-ring (bicyclic) bond motifs is 2. The first kappa shape index (κ1) is 29.2. The van der Waals surface area contributed by atoms with Gasteiger partial charge in [0, 0.05) is 23.3 Å². The molecule has 0 aromatic carbocycles. The van der Waals surface area contributed by atoms with E-state index in [1.807, 2.05) is 13.8 Å². The molecule has 0 aromatic heterocycles. The zero-order valence-corrected chi connectivity index (χ0v) is 24.7. The van der Waals surface area contributed by atoms with Crippen LogP contribution in [0.5, 0.6) is 0 Å². The zero-order valence-electron chi connectivity index (χ0n) is 24.7. The summed E-state index contributed by atoms with van der Waals surface area (Å²) < 4.78 is 41.8. The summed E-state index contributed by atoms with van der Waals surface area (Å²) in [5.41, 5.74) is -1.17. The second kappa shape index (κ2) is 9.22. The number of cyclic esters (lactones) is 1. The summed E-state index contributed by atoms with van der Waals surface area (Å²) in [6.07, 6.45) is -8.34. The molecule has 4 N–H and O–H groups in total. The van der Waals surface area contributed by atoms with E-state index in [0.29, 0.717) is 19.3 Å². The van der Waals surface area contributed by atoms with Crippen molar-refractivity contribution in [1.29, 1.82) is 0 Å². The highest BCUT2D eigenvalue weighted by Crippen LogP contribution is 2.82. The first-order valence-electron chi connectivity index (χ1n) is 15.5. The highest BCUT2D eigenvalue weighted by atomic mass is 16.7. The van der Waals surface area contributed by atoms with Crippen LogP contribution in [-0.2, 0) is 47.5 Å². The molecule has 6 aliphatic heterocycles. The molecule has 242 valence electrons. The molecule has 9 rings (SSSR count). The van der Waals surface area contributed by atoms with Crippen molar-refractivity contribution in [3.8, 4) is 0 Å². The van der Waals surface area contributed by atoms with Crippen LogP contribution in [0.2, 0.25) is 0 Å². The fourth-order valence-electron chi connectivity index (χ4n) is 9.80. The Morgan fingerprint density at radius 1 is 1.00 bits per heavy atom. The molecule has 14 heteroatoms. The molecule has 0 aromatic rings. The minimum absolute atomic E-state index is 0.0345. The molecule has 5 saturated heterocycles. The molecule has 2 bridgehead atoms. The standard InChI is InChI=1S/C30H38O14/c1-11(2)29-22(43-29)23-30(44-23)27(3)7-6-12-13(10-38-24(12)37)18(27)14-8-28(30,42-14)26(29)41-17(33)5-4-16(32)40-25-21(36)20(35)19(34)15(9-31)39-25/h11,14-15,18-23,25-26,31,34-36H,4-10H2,1-3H3/t14?,15?,18-,19-,20?,21?,22+,23+,25+,26+,27+,28-,29+,30-/m1/s1. The maximum Gasteiger partial charge on any atom is 0.334 e. The van der Waals surface area contributed by atoms with Gasteiger partial charge in [-0.15, -0.1) is 0 Å². The first-order chi connectivity index (χ1) is 20.9. The lowest BCUT2D eigenvalue weighted by atomic mass is 9.42. The Bertz CT molecular complexity index is 1340. The third-order valence-electron chi connectivity index (χ3n) is 11.9. The summed E-state index contributed by atoms with van der Waals surface area (Å²) in [5.74, 6) is -1.91. The minimum atomic E-state index is -1.75. The van der Waals surface area contributed by atoms with Gasteiger partial charge >= 0.3 is 17.9 Å². The Morgan fingerprint density at radius 2 is 1.70 bits per heavy atom. The maximum absolute atomic E-state index is 13.4. The van der Waals surface area contributed by atoms with E-state index < -0.39 is 78.6 Å². The number of ether oxygens (including phenoxy) is 7. The molecule has 9 aliphatic rings. The Labute approximate surface area is 252 Å². The van der Waals surface area contributed by atoms with Gasteiger partial charge in [0.05, 0.1) is 25.6 Å². The number of carbonyl (C=O) groups is 3. The number of aliphatic hydroxyl groups excluding tert-OH is 4. The zero-order chi connectivity index (χ0) is 31.1. The SMILES string of the molecule is CC(C)[C@]12O[C@H]1[C@@H]1O[C@@]13[C@@]1(C)CCC4=C(COC4=O)[C@@H]1C1C[C@@]3(O1)[C@@H]2OC(=O)CCC(=O)O[C@@H]1OC(CO)[C@@H](O)C(O)C1O. The molecule has 14 nitrogen and oxygen atoms in total. The van der Waals surface area contributed by atoms with Crippen molar-refractivity contribution in [3.63, 3.8) is 0 Å². The van der Waals surface area contributed by atoms with E-state index in [-0.39, 0.29) is 54.6 Å². The van der Waals surface area contributed by atoms with Crippen molar-refractivity contribution >= 4 is 17.9 Å². The fourth-order valence-corrected chi connectivity index (χ4v) is 9.80. The van der Waals surface area contributed by atoms with E-state index in [1.54, 1.807) is 0 Å². The van der Waals surface area contributed by atoms with Gasteiger partial charge in [-0.2, -0.15) is 0 Å². The van der Waals surface area contributed by atoms with E-state index >= 15 is 0 Å². The summed E-state index contributed by atoms with van der Waals surface area (Å²) in [7, 11) is 0. The van der Waals surface area contributed by atoms with Gasteiger partial charge in [-0.05, 0) is 24.3 Å². The summed E-state index contributed by atoms with van der Waals surface area (Å²) in [4.78, 5) is 38.4. The summed E-state index contributed by atoms with van der Waals surface area (Å²) in [5, 5.41) is 39.4. The topological polar surface area (TPSA) is 203 Å². The molecule has 3 aliphatic carbocycles. The van der Waals surface area contributed by atoms with Crippen molar-refractivity contribution in [3.05, 3.63) is 11.1 Å². The highest BCUT2D eigenvalue weighted by molar-refractivity contribution is 5.92. The smallest absolute Gasteiger partial charge is 0.334 e. The van der Waals surface area contributed by atoms with Crippen molar-refractivity contribution < 1.29 is 68.0 Å². The molecule has 14 atom stereocenters. The molecule has 6 heterocycles. The lowest BCUT2D eigenvalue weighted by Crippen LogP contribution is -2.84. The quantitative estimate of drug-likeness (QED) is 0.149. The number of aliphatic hydroxyl groups is 4. The number of esters is 3. The Morgan fingerprint density at radius 3 is 2.39 bits per heavy atom. The van der Waals surface area contributed by atoms with Crippen LogP contribution in [0, 0.1) is 17.3 Å². The predicted molar refractivity (Wildman–Crippen MR) is 140 cm³/mol. The number of carbonyl (C=O) groups excluding carboxylic acids is 3. The van der Waals surface area contributed by atoms with Gasteiger partial charge in [-0.1, -0.05) is 20.8 Å². The first-order valence-corrected chi connectivity index (χ1v) is 15.5. The molecular weight excluding hydrogens is 584 g/mol. The summed E-state index contributed by atoms with van der Waals surface area (Å²) in [6.45, 7) is 5.79. The van der Waals surface area contributed by atoms with E-state index in [4.69, 9.17) is 33.2 Å². The van der Waals surface area contributed by atoms with Gasteiger partial charge in [0.2, 0.25) is 6.29 Å². The molecule has 4 unspecified atom stereocenters. The minimum Gasteiger partial charge on any atom is -0.458 e. The average Bonchev–Trinajstić information content (AvgIpc) is 3.86. The molecule has 2 spiro atoms. The van der Waals surface area contributed by atoms with E-state index in [9.17, 15) is 34.8 Å². The third-order valence-corrected chi connectivity index (χ3v) is 11.9. The monoisotopic (exact) mass is 622 g/mol. The van der Waals surface area contributed by atoms with Crippen molar-refractivity contribution in [1.82, 2.24) is 0 Å². The van der Waals surface area contributed by atoms with Crippen LogP contribution in [-0.4, -0.2) is 123 Å². The van der Waals surface area contributed by atoms with E-state index in [0.717, 1.165) is 11.1 Å². The third kappa shape index (κ3) is 3.35. The van der Waals surface area contributed by atoms with Crippen LogP contribution in [0.3, 0.4) is 0 Å². The second-order valence-corrected chi connectivity index (χ2v) is 14.1. The van der Waals surface area contributed by atoms with Crippen LogP contribution >= 0.6 is 0 Å². The van der Waals surface area contributed by atoms with Crippen LogP contribution in [0.4, 0.5) is 0 Å². The predicted octanol–water partition coefficient (Wildman–Crippen LogP) is -1.22. The Hall–Kier alpha value is -2.17. The summed E-state index contributed by atoms with van der Waals surface area (Å²) in [6, 6.07) is 0. The van der Waals surface area contributed by atoms with Crippen LogP contribution in [0.15, 0.2) is 11.1 Å². The normalized spacial score (nSPS) is 52.4. The second-order valence-electron chi connectivity index (χ2n) is 14.1. The van der Waals surface area contributed by atoms with E-state index in [1.165, 1.54) is 0 Å². The largest absolute Gasteiger partial charge is 0.458 e. The van der Waals surface area contributed by atoms with Crippen LogP contribution < -0.4 is 0 Å². The highest BCUT2D eigenvalue weighted by Gasteiger charge is 2.99. The molecule has 7 fully saturated rings. The summed E-state index contributed by atoms with van der Waals surface area (Å²) >= 11 is 0.